The summed E-state index contributed by atoms with van der Waals surface area (Å²) in [5.41, 5.74) is 30.1. The van der Waals surface area contributed by atoms with Gasteiger partial charge >= 0.3 is 0 Å². The van der Waals surface area contributed by atoms with Gasteiger partial charge in [0.15, 0.2) is 0 Å². The van der Waals surface area contributed by atoms with Crippen molar-refractivity contribution in [3.63, 3.8) is 0 Å². The molecule has 0 N–H and O–H groups in total. The number of halogens is 4. The highest BCUT2D eigenvalue weighted by molar-refractivity contribution is 9.11. The predicted octanol–water partition coefficient (Wildman–Crippen LogP) is 23.8. The molecule has 0 amide bonds. The van der Waals surface area contributed by atoms with Gasteiger partial charge in [-0.25, -0.2) is 9.98 Å². The van der Waals surface area contributed by atoms with Crippen molar-refractivity contribution in [2.45, 2.75) is 55.4 Å². The lowest BCUT2D eigenvalue weighted by Gasteiger charge is -2.22. The molecule has 0 unspecified atom stereocenters. The molecule has 1 aliphatic rings. The highest BCUT2D eigenvalue weighted by Gasteiger charge is 2.25. The minimum atomic E-state index is 0.818. The van der Waals surface area contributed by atoms with Crippen molar-refractivity contribution in [3.8, 4) is 89.0 Å². The molecule has 0 spiro atoms. The Kier molecular flexibility index (Phi) is 16.8. The Labute approximate surface area is 514 Å². The van der Waals surface area contributed by atoms with Gasteiger partial charge in [0.25, 0.3) is 0 Å². The number of aliphatic imine (C=N–C) groups is 2. The van der Waals surface area contributed by atoms with Crippen molar-refractivity contribution >= 4 is 109 Å². The maximum absolute atomic E-state index is 5.47. The molecule has 0 atom stereocenters. The Hall–Kier alpha value is -5.84. The number of aryl methyl sites for hydroxylation is 8. The lowest BCUT2D eigenvalue weighted by Crippen LogP contribution is -2.14. The summed E-state index contributed by atoms with van der Waals surface area (Å²) in [6.07, 6.45) is 0. The fourth-order valence-electron chi connectivity index (χ4n) is 11.3. The third kappa shape index (κ3) is 12.2. The van der Waals surface area contributed by atoms with Gasteiger partial charge in [-0.1, -0.05) is 178 Å². The Balaban J connectivity index is 1.04. The zero-order valence-electron chi connectivity index (χ0n) is 46.0. The smallest absolute Gasteiger partial charge is 0.129 e. The largest absolute Gasteiger partial charge is 0.237 e. The van der Waals surface area contributed by atoms with Crippen LogP contribution >= 0.6 is 87.2 Å². The van der Waals surface area contributed by atoms with Crippen LogP contribution in [-0.4, -0.2) is 21.6 Å². The van der Waals surface area contributed by atoms with Gasteiger partial charge in [-0.2, -0.15) is 0 Å². The molecule has 11 rings (SSSR count). The highest BCUT2D eigenvalue weighted by Crippen LogP contribution is 2.50. The molecular weight excluding hydrogens is 1280 g/mol. The highest BCUT2D eigenvalue weighted by atomic mass is 79.9. The minimum absolute atomic E-state index is 0.818. The predicted molar refractivity (Wildman–Crippen MR) is 364 cm³/mol. The Bertz CT molecular complexity index is 3600. The van der Waals surface area contributed by atoms with E-state index in [0.29, 0.717) is 0 Å². The molecule has 0 saturated carbocycles. The van der Waals surface area contributed by atoms with Gasteiger partial charge in [-0.05, 0) is 257 Å². The van der Waals surface area contributed by atoms with Gasteiger partial charge in [0.1, 0.15) is 10.1 Å². The topological polar surface area (TPSA) is 24.7 Å². The molecule has 80 heavy (non-hydrogen) atoms. The molecule has 10 aromatic carbocycles. The van der Waals surface area contributed by atoms with Gasteiger partial charge in [0, 0.05) is 29.4 Å². The van der Waals surface area contributed by atoms with Crippen LogP contribution in [0.4, 0.5) is 11.4 Å². The second-order valence-corrected chi connectivity index (χ2v) is 26.8. The van der Waals surface area contributed by atoms with E-state index in [4.69, 9.17) is 9.98 Å². The molecule has 1 fully saturated rings. The first-order chi connectivity index (χ1) is 38.5. The molecule has 0 radical (unpaired) electrons. The summed E-state index contributed by atoms with van der Waals surface area (Å²) < 4.78 is 3.55. The summed E-state index contributed by atoms with van der Waals surface area (Å²) >= 11 is 19.9. The maximum atomic E-state index is 5.47. The quantitative estimate of drug-likeness (QED) is 0.136. The van der Waals surface area contributed by atoms with Crippen LogP contribution in [0.1, 0.15) is 44.5 Å². The summed E-state index contributed by atoms with van der Waals surface area (Å²) in [7, 11) is 0. The fourth-order valence-corrected chi connectivity index (χ4v) is 16.1. The van der Waals surface area contributed by atoms with Gasteiger partial charge in [-0.3, -0.25) is 0 Å². The summed E-state index contributed by atoms with van der Waals surface area (Å²) in [6.45, 7) is 17.5. The minimum Gasteiger partial charge on any atom is -0.237 e. The zero-order valence-corrected chi connectivity index (χ0v) is 53.9. The first-order valence-electron chi connectivity index (χ1n) is 26.8. The van der Waals surface area contributed by atoms with Gasteiger partial charge < -0.3 is 0 Å². The van der Waals surface area contributed by atoms with E-state index in [2.05, 4.69) is 301 Å². The molecule has 8 heteroatoms. The van der Waals surface area contributed by atoms with Crippen LogP contribution in [0.5, 0.6) is 0 Å². The average molecular weight is 1340 g/mol. The second-order valence-electron chi connectivity index (χ2n) is 21.2. The normalized spacial score (nSPS) is 13.6. The molecule has 10 aromatic rings. The number of nitrogens with zero attached hydrogens (tertiary/aromatic N) is 2. The first-order valence-corrected chi connectivity index (χ1v) is 31.9. The van der Waals surface area contributed by atoms with E-state index in [1.54, 1.807) is 23.5 Å². The SMILES string of the molecule is Cc1cc(C)cc(-c2cc(-c3ccccc3)cc(-c3cc(C)cc(C)c3)c2-c2cc(Br)c(N=C3SCCSC3=Nc3c(Br)cc(-c4c(-c5cc(C)cc(C)c5)cc(-c5ccccc5)cc4-c4cc(C)cc(C)c4)cc3Br)c(Br)c2)c1. The van der Waals surface area contributed by atoms with E-state index in [0.717, 1.165) is 73.1 Å². The van der Waals surface area contributed by atoms with Crippen LogP contribution < -0.4 is 0 Å². The number of hydrogen-bond acceptors (Lipinski definition) is 4. The lowest BCUT2D eigenvalue weighted by atomic mass is 9.83. The standard InChI is InChI=1S/C72H58Br4N2S2/c1-41-21-42(2)26-53(25-41)59-33-51(49-15-11-9-12-16-49)34-60(54-27-43(3)22-44(4)28-54)67(59)57-37-63(73)69(64(74)38-57)77-71-72(80-20-19-79-71)78-70-65(75)39-58(40-66(70)76)68-61(55-29-45(5)23-46(6)30-55)35-52(50-17-13-10-14-18-50)36-62(68)56-31-47(7)24-48(8)32-56/h9-18,21-40H,19-20H2,1-8H3. The van der Waals surface area contributed by atoms with E-state index in [-0.39, 0.29) is 0 Å². The molecule has 396 valence electrons. The van der Waals surface area contributed by atoms with Crippen molar-refractivity contribution in [3.05, 3.63) is 244 Å². The van der Waals surface area contributed by atoms with Crippen LogP contribution in [0.15, 0.2) is 210 Å². The number of hydrogen-bond donors (Lipinski definition) is 0. The zero-order chi connectivity index (χ0) is 55.9. The summed E-state index contributed by atoms with van der Waals surface area (Å²) in [6, 6.07) is 67.5. The third-order valence-corrected chi connectivity index (χ3v) is 19.1. The van der Waals surface area contributed by atoms with E-state index in [1.165, 1.54) is 111 Å². The van der Waals surface area contributed by atoms with E-state index < -0.39 is 0 Å². The number of rotatable bonds is 10. The third-order valence-electron chi connectivity index (χ3n) is 14.4. The molecule has 2 nitrogen and oxygen atoms in total. The van der Waals surface area contributed by atoms with Crippen molar-refractivity contribution < 1.29 is 0 Å². The second kappa shape index (κ2) is 23.9. The van der Waals surface area contributed by atoms with Crippen molar-refractivity contribution in [1.29, 1.82) is 0 Å². The van der Waals surface area contributed by atoms with Gasteiger partial charge in [0.2, 0.25) is 0 Å². The molecule has 1 heterocycles. The van der Waals surface area contributed by atoms with Crippen LogP contribution in [0.25, 0.3) is 89.0 Å². The van der Waals surface area contributed by atoms with Crippen molar-refractivity contribution in [2.24, 2.45) is 9.98 Å². The molecule has 1 aliphatic heterocycles. The summed E-state index contributed by atoms with van der Waals surface area (Å²) in [5.74, 6) is 1.84. The Morgan fingerprint density at radius 2 is 0.525 bits per heavy atom. The molecular formula is C72H58Br4N2S2. The van der Waals surface area contributed by atoms with Crippen LogP contribution in [0.2, 0.25) is 0 Å². The van der Waals surface area contributed by atoms with E-state index >= 15 is 0 Å². The molecule has 0 bridgehead atoms. The van der Waals surface area contributed by atoms with Crippen LogP contribution in [-0.2, 0) is 0 Å². The Morgan fingerprint density at radius 1 is 0.275 bits per heavy atom. The van der Waals surface area contributed by atoms with Crippen molar-refractivity contribution in [2.75, 3.05) is 11.5 Å². The van der Waals surface area contributed by atoms with Gasteiger partial charge in [0.05, 0.1) is 11.4 Å². The molecule has 1 saturated heterocycles. The average Bonchev–Trinajstić information content (AvgIpc) is 3.45. The van der Waals surface area contributed by atoms with E-state index in [9.17, 15) is 0 Å². The molecule has 0 aromatic heterocycles. The van der Waals surface area contributed by atoms with Gasteiger partial charge in [-0.15, -0.1) is 23.5 Å². The lowest BCUT2D eigenvalue weighted by molar-refractivity contribution is 1.37. The molecule has 0 aliphatic carbocycles. The first kappa shape index (κ1) is 56.0. The summed E-state index contributed by atoms with van der Waals surface area (Å²) in [4.78, 5) is 10.9. The monoisotopic (exact) mass is 1330 g/mol. The number of benzene rings is 10. The van der Waals surface area contributed by atoms with Crippen LogP contribution in [0.3, 0.4) is 0 Å². The fraction of sp³-hybridized carbons (Fsp3) is 0.139. The summed E-state index contributed by atoms with van der Waals surface area (Å²) in [5, 5.41) is 1.76. The Morgan fingerprint density at radius 3 is 0.775 bits per heavy atom. The maximum Gasteiger partial charge on any atom is 0.129 e. The number of thioether (sulfide) groups is 2. The van der Waals surface area contributed by atoms with E-state index in [1.807, 2.05) is 0 Å². The van der Waals surface area contributed by atoms with Crippen molar-refractivity contribution in [1.82, 2.24) is 0 Å². The van der Waals surface area contributed by atoms with Crippen LogP contribution in [0, 0.1) is 55.4 Å².